The topological polar surface area (TPSA) is 59.5 Å². The summed E-state index contributed by atoms with van der Waals surface area (Å²) in [5.74, 6) is 0.622. The van der Waals surface area contributed by atoms with Crippen molar-refractivity contribution in [1.29, 1.82) is 0 Å². The summed E-state index contributed by atoms with van der Waals surface area (Å²) in [6, 6.07) is 0. The lowest BCUT2D eigenvalue weighted by Crippen LogP contribution is -2.38. The number of ether oxygens (including phenoxy) is 1. The number of ketones is 1. The van der Waals surface area contributed by atoms with E-state index in [1.807, 2.05) is 0 Å². The van der Waals surface area contributed by atoms with E-state index in [1.165, 1.54) is 18.3 Å². The fourth-order valence-electron chi connectivity index (χ4n) is 2.46. The van der Waals surface area contributed by atoms with E-state index in [9.17, 15) is 9.59 Å². The number of carbonyl (C=O) groups is 2. The summed E-state index contributed by atoms with van der Waals surface area (Å²) < 4.78 is 4.99. The molecule has 0 radical (unpaired) electrons. The second kappa shape index (κ2) is 6.56. The quantitative estimate of drug-likeness (QED) is 0.632. The Morgan fingerprint density at radius 1 is 1.38 bits per heavy atom. The molecular formula is C15H22N2O3S. The van der Waals surface area contributed by atoms with E-state index in [0.29, 0.717) is 16.7 Å². The average Bonchev–Trinajstić information content (AvgIpc) is 2.87. The van der Waals surface area contributed by atoms with Crippen molar-refractivity contribution in [3.05, 3.63) is 10.6 Å². The number of Topliss-reactive ketones (excluding diaryl/α,β-unsaturated/α-hetero) is 1. The van der Waals surface area contributed by atoms with Gasteiger partial charge in [0.2, 0.25) is 0 Å². The molecule has 1 fully saturated rings. The highest BCUT2D eigenvalue weighted by Crippen LogP contribution is 2.32. The molecule has 2 heterocycles. The molecule has 2 rings (SSSR count). The van der Waals surface area contributed by atoms with Gasteiger partial charge in [-0.3, -0.25) is 4.79 Å². The minimum Gasteiger partial charge on any atom is -0.461 e. The van der Waals surface area contributed by atoms with Gasteiger partial charge in [0.15, 0.2) is 16.6 Å². The molecule has 5 nitrogen and oxygen atoms in total. The molecule has 0 spiro atoms. The Balaban J connectivity index is 2.27. The van der Waals surface area contributed by atoms with Gasteiger partial charge in [-0.05, 0) is 25.2 Å². The Labute approximate surface area is 129 Å². The summed E-state index contributed by atoms with van der Waals surface area (Å²) in [5, 5.41) is 0.752. The van der Waals surface area contributed by atoms with E-state index < -0.39 is 5.97 Å². The third-order valence-corrected chi connectivity index (χ3v) is 5.23. The highest BCUT2D eigenvalue weighted by atomic mass is 32.1. The van der Waals surface area contributed by atoms with E-state index >= 15 is 0 Å². The largest absolute Gasteiger partial charge is 0.461 e. The number of aromatic nitrogens is 1. The van der Waals surface area contributed by atoms with Crippen molar-refractivity contribution in [1.82, 2.24) is 4.98 Å². The lowest BCUT2D eigenvalue weighted by atomic mass is 9.89. The van der Waals surface area contributed by atoms with Gasteiger partial charge in [0, 0.05) is 20.0 Å². The summed E-state index contributed by atoms with van der Waals surface area (Å²) in [6.45, 7) is 9.79. The summed E-state index contributed by atoms with van der Waals surface area (Å²) in [5.41, 5.74) is 0.163. The van der Waals surface area contributed by atoms with Crippen molar-refractivity contribution < 1.29 is 14.3 Å². The predicted molar refractivity (Wildman–Crippen MR) is 83.2 cm³/mol. The van der Waals surface area contributed by atoms with Crippen LogP contribution in [0.1, 0.15) is 54.3 Å². The second-order valence-electron chi connectivity index (χ2n) is 5.64. The Morgan fingerprint density at radius 2 is 2.10 bits per heavy atom. The smallest absolute Gasteiger partial charge is 0.358 e. The van der Waals surface area contributed by atoms with Gasteiger partial charge in [-0.2, -0.15) is 0 Å². The van der Waals surface area contributed by atoms with Gasteiger partial charge in [0.25, 0.3) is 0 Å². The lowest BCUT2D eigenvalue weighted by Gasteiger charge is -2.35. The van der Waals surface area contributed by atoms with Crippen LogP contribution in [0.2, 0.25) is 0 Å². The van der Waals surface area contributed by atoms with Gasteiger partial charge in [-0.1, -0.05) is 25.2 Å². The zero-order valence-corrected chi connectivity index (χ0v) is 13.8. The van der Waals surface area contributed by atoms with Crippen LogP contribution in [0.5, 0.6) is 0 Å². The van der Waals surface area contributed by atoms with E-state index in [0.717, 1.165) is 24.6 Å². The van der Waals surface area contributed by atoms with E-state index in [2.05, 4.69) is 23.7 Å². The molecule has 0 aliphatic carbocycles. The molecule has 2 atom stereocenters. The van der Waals surface area contributed by atoms with Gasteiger partial charge in [-0.25, -0.2) is 9.78 Å². The minimum atomic E-state index is -0.511. The van der Waals surface area contributed by atoms with Crippen LogP contribution in [0.15, 0.2) is 0 Å². The zero-order valence-electron chi connectivity index (χ0n) is 13.0. The maximum atomic E-state index is 11.9. The molecule has 1 aromatic rings. The molecular weight excluding hydrogens is 288 g/mol. The SMILES string of the molecule is CCOC(=O)c1nc(N2CCC(C)C(C)C2)sc1C(C)=O. The van der Waals surface area contributed by atoms with Crippen LogP contribution < -0.4 is 4.90 Å². The average molecular weight is 310 g/mol. The predicted octanol–water partition coefficient (Wildman–Crippen LogP) is 3.00. The summed E-state index contributed by atoms with van der Waals surface area (Å²) >= 11 is 1.30. The van der Waals surface area contributed by atoms with Crippen LogP contribution in [0, 0.1) is 11.8 Å². The summed E-state index contributed by atoms with van der Waals surface area (Å²) in [7, 11) is 0. The van der Waals surface area contributed by atoms with Crippen molar-refractivity contribution in [3.8, 4) is 0 Å². The molecule has 21 heavy (non-hydrogen) atoms. The first kappa shape index (κ1) is 15.9. The van der Waals surface area contributed by atoms with Gasteiger partial charge >= 0.3 is 5.97 Å². The van der Waals surface area contributed by atoms with Gasteiger partial charge < -0.3 is 9.64 Å². The normalized spacial score (nSPS) is 22.2. The fourth-order valence-corrected chi connectivity index (χ4v) is 3.44. The van der Waals surface area contributed by atoms with Crippen LogP contribution in [0.3, 0.4) is 0 Å². The first-order valence-corrected chi connectivity index (χ1v) is 8.19. The number of rotatable bonds is 4. The third-order valence-electron chi connectivity index (χ3n) is 4.01. The van der Waals surface area contributed by atoms with Crippen molar-refractivity contribution in [2.75, 3.05) is 24.6 Å². The highest BCUT2D eigenvalue weighted by Gasteiger charge is 2.28. The zero-order chi connectivity index (χ0) is 15.6. The van der Waals surface area contributed by atoms with Crippen LogP contribution in [-0.4, -0.2) is 36.4 Å². The van der Waals surface area contributed by atoms with Gasteiger partial charge in [-0.15, -0.1) is 0 Å². The number of esters is 1. The molecule has 1 aromatic heterocycles. The Kier molecular flexibility index (Phi) is 4.98. The molecule has 0 bridgehead atoms. The van der Waals surface area contributed by atoms with E-state index in [4.69, 9.17) is 4.74 Å². The maximum absolute atomic E-state index is 11.9. The number of piperidine rings is 1. The first-order chi connectivity index (χ1) is 9.93. The highest BCUT2D eigenvalue weighted by molar-refractivity contribution is 7.17. The maximum Gasteiger partial charge on any atom is 0.358 e. The fraction of sp³-hybridized carbons (Fsp3) is 0.667. The van der Waals surface area contributed by atoms with Crippen LogP contribution in [0.25, 0.3) is 0 Å². The van der Waals surface area contributed by atoms with Crippen molar-refractivity contribution in [2.45, 2.75) is 34.1 Å². The van der Waals surface area contributed by atoms with Crippen molar-refractivity contribution >= 4 is 28.2 Å². The molecule has 0 saturated carbocycles. The van der Waals surface area contributed by atoms with E-state index in [-0.39, 0.29) is 18.1 Å². The van der Waals surface area contributed by atoms with E-state index in [1.54, 1.807) is 6.92 Å². The molecule has 2 unspecified atom stereocenters. The number of carbonyl (C=O) groups excluding carboxylic acids is 2. The van der Waals surface area contributed by atoms with Crippen LogP contribution in [0.4, 0.5) is 5.13 Å². The minimum absolute atomic E-state index is 0.139. The summed E-state index contributed by atoms with van der Waals surface area (Å²) in [6.07, 6.45) is 1.10. The molecule has 1 aliphatic rings. The van der Waals surface area contributed by atoms with Crippen molar-refractivity contribution in [2.24, 2.45) is 11.8 Å². The number of nitrogens with zero attached hydrogens (tertiary/aromatic N) is 2. The van der Waals surface area contributed by atoms with Crippen LogP contribution in [-0.2, 0) is 4.74 Å². The van der Waals surface area contributed by atoms with Crippen molar-refractivity contribution in [3.63, 3.8) is 0 Å². The molecule has 1 saturated heterocycles. The molecule has 0 amide bonds. The molecule has 1 aliphatic heterocycles. The monoisotopic (exact) mass is 310 g/mol. The molecule has 0 aromatic carbocycles. The van der Waals surface area contributed by atoms with Gasteiger partial charge in [0.05, 0.1) is 6.61 Å². The van der Waals surface area contributed by atoms with Crippen LogP contribution >= 0.6 is 11.3 Å². The molecule has 6 heteroatoms. The standard InChI is InChI=1S/C15H22N2O3S/c1-5-20-14(19)12-13(11(4)18)21-15(16-12)17-7-6-9(2)10(3)8-17/h9-10H,5-8H2,1-4H3. The Morgan fingerprint density at radius 3 is 2.67 bits per heavy atom. The Hall–Kier alpha value is -1.43. The number of thiazole rings is 1. The number of hydrogen-bond donors (Lipinski definition) is 0. The van der Waals surface area contributed by atoms with Gasteiger partial charge in [0.1, 0.15) is 4.88 Å². The first-order valence-electron chi connectivity index (χ1n) is 7.37. The Bertz CT molecular complexity index is 541. The number of anilines is 1. The lowest BCUT2D eigenvalue weighted by molar-refractivity contribution is 0.0517. The summed E-state index contributed by atoms with van der Waals surface area (Å²) in [4.78, 5) is 30.6. The molecule has 0 N–H and O–H groups in total. The number of hydrogen-bond acceptors (Lipinski definition) is 6. The second-order valence-corrected chi connectivity index (χ2v) is 6.62. The third kappa shape index (κ3) is 3.43. The molecule has 116 valence electrons.